The third-order valence-electron chi connectivity index (χ3n) is 2.92. The van der Waals surface area contributed by atoms with Crippen molar-refractivity contribution >= 4 is 65.4 Å². The van der Waals surface area contributed by atoms with Gasteiger partial charge in [0.2, 0.25) is 0 Å². The third kappa shape index (κ3) is 1.26. The second-order valence-corrected chi connectivity index (χ2v) is 5.85. The van der Waals surface area contributed by atoms with Gasteiger partial charge in [0.05, 0.1) is 22.9 Å². The Labute approximate surface area is 115 Å². The molecule has 0 spiro atoms. The molecular formula is C12H6IN3S. The molecule has 0 unspecified atom stereocenters. The number of aromatic nitrogens is 3. The van der Waals surface area contributed by atoms with Crippen molar-refractivity contribution in [1.82, 2.24) is 13.2 Å². The maximum Gasteiger partial charge on any atom is 0.123 e. The van der Waals surface area contributed by atoms with E-state index < -0.39 is 0 Å². The van der Waals surface area contributed by atoms with Crippen molar-refractivity contribution in [3.63, 3.8) is 0 Å². The Morgan fingerprint density at radius 3 is 2.88 bits per heavy atom. The van der Waals surface area contributed by atoms with Crippen molar-refractivity contribution in [3.8, 4) is 0 Å². The molecule has 0 bridgehead atoms. The molecule has 5 heteroatoms. The zero-order chi connectivity index (χ0) is 11.4. The van der Waals surface area contributed by atoms with Crippen LogP contribution in [0.2, 0.25) is 0 Å². The summed E-state index contributed by atoms with van der Waals surface area (Å²) >= 11 is 3.96. The van der Waals surface area contributed by atoms with Gasteiger partial charge >= 0.3 is 0 Å². The summed E-state index contributed by atoms with van der Waals surface area (Å²) in [7, 11) is 0. The summed E-state index contributed by atoms with van der Waals surface area (Å²) < 4.78 is 4.37. The molecular weight excluding hydrogens is 345 g/mol. The average molecular weight is 351 g/mol. The van der Waals surface area contributed by atoms with E-state index in [2.05, 4.69) is 69.6 Å². The highest BCUT2D eigenvalue weighted by molar-refractivity contribution is 14.1. The second-order valence-electron chi connectivity index (χ2n) is 3.85. The molecule has 0 aliphatic carbocycles. The Hall–Kier alpha value is -1.21. The van der Waals surface area contributed by atoms with Gasteiger partial charge < -0.3 is 0 Å². The summed E-state index contributed by atoms with van der Waals surface area (Å²) in [5.74, 6) is 0. The van der Waals surface area contributed by atoms with E-state index in [1.165, 1.54) is 20.2 Å². The number of halogens is 1. The summed E-state index contributed by atoms with van der Waals surface area (Å²) in [6, 6.07) is 12.7. The lowest BCUT2D eigenvalue weighted by Gasteiger charge is -1.93. The van der Waals surface area contributed by atoms with Gasteiger partial charge in [-0.2, -0.15) is 2.90 Å². The summed E-state index contributed by atoms with van der Waals surface area (Å²) in [6.45, 7) is 0. The van der Waals surface area contributed by atoms with Crippen LogP contribution in [0.25, 0.3) is 31.2 Å². The number of hydrogen-bond donors (Lipinski definition) is 0. The smallest absolute Gasteiger partial charge is 0.123 e. The largest absolute Gasteiger partial charge is 0.184 e. The van der Waals surface area contributed by atoms with E-state index in [1.54, 1.807) is 14.2 Å². The van der Waals surface area contributed by atoms with Crippen LogP contribution in [0.3, 0.4) is 0 Å². The fourth-order valence-corrected chi connectivity index (χ4v) is 3.76. The van der Waals surface area contributed by atoms with E-state index in [1.807, 2.05) is 0 Å². The highest BCUT2D eigenvalue weighted by Crippen LogP contribution is 2.37. The quantitative estimate of drug-likeness (QED) is 0.449. The van der Waals surface area contributed by atoms with Gasteiger partial charge in [0.1, 0.15) is 11.0 Å². The third-order valence-corrected chi connectivity index (χ3v) is 4.77. The summed E-state index contributed by atoms with van der Waals surface area (Å²) in [6.07, 6.45) is 0. The first-order chi connectivity index (χ1) is 8.34. The first-order valence-corrected chi connectivity index (χ1v) is 6.94. The van der Waals surface area contributed by atoms with Crippen LogP contribution in [0.15, 0.2) is 36.4 Å². The Morgan fingerprint density at radius 2 is 1.94 bits per heavy atom. The number of nitrogens with zero attached hydrogens (tertiary/aromatic N) is 3. The first kappa shape index (κ1) is 9.78. The number of hydrogen-bond acceptors (Lipinski definition) is 3. The van der Waals surface area contributed by atoms with Gasteiger partial charge in [0.15, 0.2) is 0 Å². The molecule has 4 rings (SSSR count). The van der Waals surface area contributed by atoms with Gasteiger partial charge in [-0.1, -0.05) is 23.4 Å². The Balaban J connectivity index is 2.38. The fourth-order valence-electron chi connectivity index (χ4n) is 2.17. The molecule has 0 saturated carbocycles. The Morgan fingerprint density at radius 1 is 1.06 bits per heavy atom. The molecule has 0 aliphatic heterocycles. The number of rotatable bonds is 0. The van der Waals surface area contributed by atoms with Gasteiger partial charge in [0, 0.05) is 20.2 Å². The maximum atomic E-state index is 4.28. The lowest BCUT2D eigenvalue weighted by molar-refractivity contribution is 0.939. The standard InChI is InChI=1S/C12H6IN3S/c13-16-8-5-6-10-11(12(8)14-15-16)7-3-1-2-4-9(7)17-10/h1-6H. The Bertz CT molecular complexity index is 862. The molecule has 82 valence electrons. The molecule has 0 N–H and O–H groups in total. The van der Waals surface area contributed by atoms with Crippen molar-refractivity contribution in [2.24, 2.45) is 0 Å². The number of benzene rings is 2. The predicted octanol–water partition coefficient (Wildman–Crippen LogP) is 4.00. The van der Waals surface area contributed by atoms with E-state index in [9.17, 15) is 0 Å². The van der Waals surface area contributed by atoms with E-state index in [-0.39, 0.29) is 0 Å². The molecule has 4 aromatic rings. The zero-order valence-electron chi connectivity index (χ0n) is 8.59. The van der Waals surface area contributed by atoms with Crippen molar-refractivity contribution < 1.29 is 0 Å². The minimum absolute atomic E-state index is 0.995. The summed E-state index contributed by atoms with van der Waals surface area (Å²) in [5, 5.41) is 10.9. The normalized spacial score (nSPS) is 11.8. The SMILES string of the molecule is In1nnc2c3c(ccc21)sc1ccccc13. The van der Waals surface area contributed by atoms with E-state index in [4.69, 9.17) is 0 Å². The molecule has 0 saturated heterocycles. The summed E-state index contributed by atoms with van der Waals surface area (Å²) in [5.41, 5.74) is 2.07. The van der Waals surface area contributed by atoms with Crippen molar-refractivity contribution in [2.75, 3.05) is 0 Å². The minimum Gasteiger partial charge on any atom is -0.184 e. The van der Waals surface area contributed by atoms with Gasteiger partial charge in [-0.25, -0.2) is 0 Å². The zero-order valence-corrected chi connectivity index (χ0v) is 11.6. The van der Waals surface area contributed by atoms with Gasteiger partial charge in [-0.15, -0.1) is 16.4 Å². The van der Waals surface area contributed by atoms with Crippen LogP contribution in [-0.2, 0) is 0 Å². The van der Waals surface area contributed by atoms with Crippen molar-refractivity contribution in [1.29, 1.82) is 0 Å². The van der Waals surface area contributed by atoms with Crippen LogP contribution in [0.4, 0.5) is 0 Å². The van der Waals surface area contributed by atoms with Crippen LogP contribution < -0.4 is 0 Å². The monoisotopic (exact) mass is 351 g/mol. The minimum atomic E-state index is 0.995. The van der Waals surface area contributed by atoms with E-state index in [0.717, 1.165) is 11.0 Å². The van der Waals surface area contributed by atoms with Gasteiger partial charge in [-0.3, -0.25) is 0 Å². The summed E-state index contributed by atoms with van der Waals surface area (Å²) in [4.78, 5) is 0. The van der Waals surface area contributed by atoms with Crippen molar-refractivity contribution in [2.45, 2.75) is 0 Å². The van der Waals surface area contributed by atoms with Crippen LogP contribution in [-0.4, -0.2) is 13.2 Å². The molecule has 0 atom stereocenters. The van der Waals surface area contributed by atoms with Crippen LogP contribution in [0.5, 0.6) is 0 Å². The second kappa shape index (κ2) is 3.39. The van der Waals surface area contributed by atoms with Crippen molar-refractivity contribution in [3.05, 3.63) is 36.4 Å². The number of fused-ring (bicyclic) bond motifs is 5. The predicted molar refractivity (Wildman–Crippen MR) is 79.8 cm³/mol. The lowest BCUT2D eigenvalue weighted by atomic mass is 10.1. The van der Waals surface area contributed by atoms with Gasteiger partial charge in [-0.05, 0) is 18.2 Å². The highest BCUT2D eigenvalue weighted by Gasteiger charge is 2.11. The topological polar surface area (TPSA) is 30.7 Å². The van der Waals surface area contributed by atoms with E-state index in [0.29, 0.717) is 0 Å². The van der Waals surface area contributed by atoms with Crippen LogP contribution >= 0.6 is 34.2 Å². The molecule has 2 heterocycles. The van der Waals surface area contributed by atoms with Crippen LogP contribution in [0, 0.1) is 0 Å². The fraction of sp³-hybridized carbons (Fsp3) is 0. The highest BCUT2D eigenvalue weighted by atomic mass is 127. The molecule has 0 fully saturated rings. The molecule has 2 aromatic carbocycles. The number of thiophene rings is 1. The first-order valence-electron chi connectivity index (χ1n) is 5.16. The van der Waals surface area contributed by atoms with Crippen LogP contribution in [0.1, 0.15) is 0 Å². The van der Waals surface area contributed by atoms with Gasteiger partial charge in [0.25, 0.3) is 0 Å². The Kier molecular flexibility index (Phi) is 1.95. The molecule has 0 radical (unpaired) electrons. The molecule has 0 amide bonds. The molecule has 0 aliphatic rings. The molecule has 3 nitrogen and oxygen atoms in total. The molecule has 2 aromatic heterocycles. The average Bonchev–Trinajstić information content (AvgIpc) is 2.90. The van der Waals surface area contributed by atoms with E-state index >= 15 is 0 Å². The maximum absolute atomic E-state index is 4.28. The molecule has 17 heavy (non-hydrogen) atoms. The lowest BCUT2D eigenvalue weighted by Crippen LogP contribution is -1.78.